The third-order valence-corrected chi connectivity index (χ3v) is 4.94. The van der Waals surface area contributed by atoms with Crippen molar-refractivity contribution < 1.29 is 23.1 Å². The Labute approximate surface area is 135 Å². The third kappa shape index (κ3) is 5.55. The van der Waals surface area contributed by atoms with Gasteiger partial charge in [0.25, 0.3) is 0 Å². The van der Waals surface area contributed by atoms with Crippen molar-refractivity contribution in [3.8, 4) is 0 Å². The van der Waals surface area contributed by atoms with Crippen molar-refractivity contribution in [3.05, 3.63) is 35.4 Å². The standard InChI is InChI=1S/C15H20N2O5S/c1-23(21,22)10-15(6-7-15)9-17-14(20)16-8-11-2-4-12(5-3-11)13(18)19/h2-5H,6-10H2,1H3,(H,18,19)(H2,16,17,20). The highest BCUT2D eigenvalue weighted by Gasteiger charge is 2.45. The van der Waals surface area contributed by atoms with Gasteiger partial charge in [0.2, 0.25) is 0 Å². The maximum absolute atomic E-state index is 11.8. The van der Waals surface area contributed by atoms with Crippen LogP contribution in [0.4, 0.5) is 4.79 Å². The van der Waals surface area contributed by atoms with E-state index in [-0.39, 0.29) is 29.3 Å². The molecule has 1 aromatic rings. The van der Waals surface area contributed by atoms with E-state index in [1.165, 1.54) is 18.4 Å². The first-order valence-electron chi connectivity index (χ1n) is 7.21. The fourth-order valence-corrected chi connectivity index (χ4v) is 3.89. The first-order chi connectivity index (χ1) is 10.7. The van der Waals surface area contributed by atoms with Crippen molar-refractivity contribution in [2.24, 2.45) is 5.41 Å². The zero-order valence-corrected chi connectivity index (χ0v) is 13.6. The highest BCUT2D eigenvalue weighted by molar-refractivity contribution is 7.90. The Kier molecular flexibility index (Phi) is 4.93. The summed E-state index contributed by atoms with van der Waals surface area (Å²) in [5.41, 5.74) is 0.658. The molecule has 0 saturated heterocycles. The van der Waals surface area contributed by atoms with Gasteiger partial charge in [0.1, 0.15) is 9.84 Å². The quantitative estimate of drug-likeness (QED) is 0.686. The normalized spacial score (nSPS) is 15.7. The van der Waals surface area contributed by atoms with Crippen molar-refractivity contribution >= 4 is 21.8 Å². The Bertz CT molecular complexity index is 693. The smallest absolute Gasteiger partial charge is 0.335 e. The lowest BCUT2D eigenvalue weighted by molar-refractivity contribution is 0.0697. The molecular formula is C15H20N2O5S. The monoisotopic (exact) mass is 340 g/mol. The van der Waals surface area contributed by atoms with Crippen LogP contribution in [0.1, 0.15) is 28.8 Å². The minimum atomic E-state index is -3.05. The highest BCUT2D eigenvalue weighted by Crippen LogP contribution is 2.45. The zero-order chi connectivity index (χ0) is 17.1. The molecule has 2 rings (SSSR count). The first-order valence-corrected chi connectivity index (χ1v) is 9.27. The molecule has 1 fully saturated rings. The van der Waals surface area contributed by atoms with Gasteiger partial charge >= 0.3 is 12.0 Å². The second-order valence-corrected chi connectivity index (χ2v) is 8.25. The van der Waals surface area contributed by atoms with Crippen LogP contribution in [0, 0.1) is 5.41 Å². The summed E-state index contributed by atoms with van der Waals surface area (Å²) in [4.78, 5) is 22.5. The zero-order valence-electron chi connectivity index (χ0n) is 12.8. The Morgan fingerprint density at radius 3 is 2.26 bits per heavy atom. The molecule has 0 spiro atoms. The fraction of sp³-hybridized carbons (Fsp3) is 0.467. The van der Waals surface area contributed by atoms with Gasteiger partial charge in [0, 0.05) is 24.8 Å². The maximum atomic E-state index is 11.8. The van der Waals surface area contributed by atoms with Gasteiger partial charge in [-0.1, -0.05) is 12.1 Å². The Hall–Kier alpha value is -2.09. The van der Waals surface area contributed by atoms with E-state index in [4.69, 9.17) is 5.11 Å². The number of amides is 2. The van der Waals surface area contributed by atoms with E-state index in [1.54, 1.807) is 12.1 Å². The predicted octanol–water partition coefficient (Wildman–Crippen LogP) is 1.01. The predicted molar refractivity (Wildman–Crippen MR) is 85.0 cm³/mol. The maximum Gasteiger partial charge on any atom is 0.335 e. The molecule has 0 aliphatic heterocycles. The average Bonchev–Trinajstić information content (AvgIpc) is 3.21. The van der Waals surface area contributed by atoms with Gasteiger partial charge in [0.15, 0.2) is 0 Å². The van der Waals surface area contributed by atoms with Crippen molar-refractivity contribution in [1.82, 2.24) is 10.6 Å². The molecule has 0 atom stereocenters. The largest absolute Gasteiger partial charge is 0.478 e. The summed E-state index contributed by atoms with van der Waals surface area (Å²) in [7, 11) is -3.05. The van der Waals surface area contributed by atoms with Gasteiger partial charge in [-0.2, -0.15) is 0 Å². The molecule has 0 radical (unpaired) electrons. The molecule has 1 aromatic carbocycles. The van der Waals surface area contributed by atoms with Crippen LogP contribution < -0.4 is 10.6 Å². The van der Waals surface area contributed by atoms with Crippen molar-refractivity contribution in [2.45, 2.75) is 19.4 Å². The lowest BCUT2D eigenvalue weighted by Crippen LogP contribution is -2.40. The van der Waals surface area contributed by atoms with Crippen molar-refractivity contribution in [1.29, 1.82) is 0 Å². The summed E-state index contributed by atoms with van der Waals surface area (Å²) in [6, 6.07) is 5.85. The molecule has 1 aliphatic carbocycles. The van der Waals surface area contributed by atoms with Crippen LogP contribution >= 0.6 is 0 Å². The topological polar surface area (TPSA) is 113 Å². The molecular weight excluding hydrogens is 320 g/mol. The second-order valence-electron chi connectivity index (χ2n) is 6.11. The second kappa shape index (κ2) is 6.57. The number of hydrogen-bond acceptors (Lipinski definition) is 4. The molecule has 3 N–H and O–H groups in total. The molecule has 0 bridgehead atoms. The number of carboxylic acids is 1. The number of hydrogen-bond donors (Lipinski definition) is 3. The minimum absolute atomic E-state index is 0.0942. The summed E-state index contributed by atoms with van der Waals surface area (Å²) in [5.74, 6) is -0.903. The molecule has 8 heteroatoms. The molecule has 1 saturated carbocycles. The molecule has 23 heavy (non-hydrogen) atoms. The van der Waals surface area contributed by atoms with Gasteiger partial charge in [-0.3, -0.25) is 0 Å². The van der Waals surface area contributed by atoms with Crippen LogP contribution in [0.3, 0.4) is 0 Å². The van der Waals surface area contributed by atoms with Crippen LogP contribution in [0.15, 0.2) is 24.3 Å². The van der Waals surface area contributed by atoms with Crippen LogP contribution in [-0.2, 0) is 16.4 Å². The summed E-state index contributed by atoms with van der Waals surface area (Å²) in [5, 5.41) is 14.2. The summed E-state index contributed by atoms with van der Waals surface area (Å²) in [6.45, 7) is 0.606. The molecule has 1 aliphatic rings. The van der Waals surface area contributed by atoms with Gasteiger partial charge in [-0.05, 0) is 30.5 Å². The number of aromatic carboxylic acids is 1. The summed E-state index contributed by atoms with van der Waals surface area (Å²) >= 11 is 0. The van der Waals surface area contributed by atoms with E-state index >= 15 is 0 Å². The van der Waals surface area contributed by atoms with Gasteiger partial charge < -0.3 is 15.7 Å². The molecule has 126 valence electrons. The van der Waals surface area contributed by atoms with Crippen LogP contribution in [0.5, 0.6) is 0 Å². The Morgan fingerprint density at radius 1 is 1.17 bits per heavy atom. The van der Waals surface area contributed by atoms with Crippen molar-refractivity contribution in [3.63, 3.8) is 0 Å². The van der Waals surface area contributed by atoms with E-state index in [1.807, 2.05) is 0 Å². The average molecular weight is 340 g/mol. The Morgan fingerprint density at radius 2 is 1.78 bits per heavy atom. The van der Waals surface area contributed by atoms with Gasteiger partial charge in [-0.15, -0.1) is 0 Å². The van der Waals surface area contributed by atoms with E-state index in [0.29, 0.717) is 6.54 Å². The molecule has 0 aromatic heterocycles. The molecule has 2 amide bonds. The van der Waals surface area contributed by atoms with E-state index in [2.05, 4.69) is 10.6 Å². The first kappa shape index (κ1) is 17.3. The van der Waals surface area contributed by atoms with E-state index in [0.717, 1.165) is 18.4 Å². The number of carboxylic acid groups (broad SMARTS) is 1. The van der Waals surface area contributed by atoms with E-state index in [9.17, 15) is 18.0 Å². The van der Waals surface area contributed by atoms with E-state index < -0.39 is 15.8 Å². The fourth-order valence-electron chi connectivity index (χ4n) is 2.38. The molecule has 7 nitrogen and oxygen atoms in total. The van der Waals surface area contributed by atoms with Crippen molar-refractivity contribution in [2.75, 3.05) is 18.6 Å². The van der Waals surface area contributed by atoms with Crippen LogP contribution in [-0.4, -0.2) is 44.1 Å². The molecule has 0 unspecified atom stereocenters. The lowest BCUT2D eigenvalue weighted by atomic mass is 10.1. The number of urea groups is 1. The minimum Gasteiger partial charge on any atom is -0.478 e. The lowest BCUT2D eigenvalue weighted by Gasteiger charge is -2.15. The SMILES string of the molecule is CS(=O)(=O)CC1(CNC(=O)NCc2ccc(C(=O)O)cc2)CC1. The Balaban J connectivity index is 1.76. The van der Waals surface area contributed by atoms with Gasteiger partial charge in [0.05, 0.1) is 11.3 Å². The number of sulfone groups is 1. The molecule has 0 heterocycles. The number of rotatable bonds is 7. The van der Waals surface area contributed by atoms with Gasteiger partial charge in [-0.25, -0.2) is 18.0 Å². The number of carbonyl (C=O) groups is 2. The summed E-state index contributed by atoms with van der Waals surface area (Å²) in [6.07, 6.45) is 2.81. The number of benzene rings is 1. The third-order valence-electron chi connectivity index (χ3n) is 3.80. The van der Waals surface area contributed by atoms with Crippen LogP contribution in [0.25, 0.3) is 0 Å². The number of nitrogens with one attached hydrogen (secondary N) is 2. The summed E-state index contributed by atoms with van der Waals surface area (Å²) < 4.78 is 22.7. The highest BCUT2D eigenvalue weighted by atomic mass is 32.2. The number of carbonyl (C=O) groups excluding carboxylic acids is 1. The van der Waals surface area contributed by atoms with Crippen LogP contribution in [0.2, 0.25) is 0 Å².